The molecule has 2 aromatic carbocycles. The summed E-state index contributed by atoms with van der Waals surface area (Å²) in [5.74, 6) is 0.508. The molecular weight excluding hydrogens is 471 g/mol. The first-order valence-electron chi connectivity index (χ1n) is 11.7. The van der Waals surface area contributed by atoms with Crippen LogP contribution in [0.1, 0.15) is 59.1 Å². The van der Waals surface area contributed by atoms with Gasteiger partial charge in [0.2, 0.25) is 5.91 Å². The molecule has 0 radical (unpaired) electrons. The summed E-state index contributed by atoms with van der Waals surface area (Å²) < 4.78 is 5.99. The molecule has 0 unspecified atom stereocenters. The van der Waals surface area contributed by atoms with Gasteiger partial charge in [0.25, 0.3) is 5.91 Å². The van der Waals surface area contributed by atoms with Crippen LogP contribution >= 0.6 is 23.2 Å². The van der Waals surface area contributed by atoms with Gasteiger partial charge in [-0.3, -0.25) is 9.59 Å². The van der Waals surface area contributed by atoms with E-state index in [1.165, 1.54) is 0 Å². The number of carbonyl (C=O) groups excluding carboxylic acids is 2. The predicted octanol–water partition coefficient (Wildman–Crippen LogP) is 6.25. The highest BCUT2D eigenvalue weighted by Crippen LogP contribution is 2.31. The van der Waals surface area contributed by atoms with Crippen LogP contribution in [0.15, 0.2) is 42.5 Å². The summed E-state index contributed by atoms with van der Waals surface area (Å²) in [6.45, 7) is 12.8. The van der Waals surface area contributed by atoms with Gasteiger partial charge in [0.05, 0.1) is 10.0 Å². The highest BCUT2D eigenvalue weighted by atomic mass is 35.5. The van der Waals surface area contributed by atoms with Crippen molar-refractivity contribution < 1.29 is 14.3 Å². The standard InChI is InChI=1S/C27H36Cl2N2O3/c1-7-23(26(33)30-15-18(2)3)31(16-19-12-13-21(28)22(29)14-19)25(32)17-34-24-11-9-8-10-20(24)27(4,5)6/h8-14,18,23H,7,15-17H2,1-6H3,(H,30,33)/t23-/m1/s1. The van der Waals surface area contributed by atoms with E-state index in [2.05, 4.69) is 26.1 Å². The molecule has 186 valence electrons. The molecule has 0 aliphatic carbocycles. The Hall–Kier alpha value is -2.24. The maximum Gasteiger partial charge on any atom is 0.261 e. The summed E-state index contributed by atoms with van der Waals surface area (Å²) in [4.78, 5) is 28.0. The summed E-state index contributed by atoms with van der Waals surface area (Å²) >= 11 is 12.3. The molecule has 7 heteroatoms. The molecule has 2 aromatic rings. The normalized spacial score (nSPS) is 12.4. The van der Waals surface area contributed by atoms with Crippen molar-refractivity contribution in [3.63, 3.8) is 0 Å². The zero-order valence-corrected chi connectivity index (χ0v) is 22.5. The molecule has 1 atom stereocenters. The van der Waals surface area contributed by atoms with Crippen molar-refractivity contribution in [2.45, 2.75) is 66.0 Å². The van der Waals surface area contributed by atoms with E-state index in [0.717, 1.165) is 11.1 Å². The minimum atomic E-state index is -0.637. The lowest BCUT2D eigenvalue weighted by molar-refractivity contribution is -0.143. The average Bonchev–Trinajstić information content (AvgIpc) is 2.77. The number of para-hydroxylation sites is 1. The summed E-state index contributed by atoms with van der Waals surface area (Å²) in [5, 5.41) is 3.80. The molecule has 0 heterocycles. The first-order chi connectivity index (χ1) is 15.9. The van der Waals surface area contributed by atoms with Crippen molar-refractivity contribution in [1.29, 1.82) is 0 Å². The van der Waals surface area contributed by atoms with Crippen molar-refractivity contribution >= 4 is 35.0 Å². The van der Waals surface area contributed by atoms with Crippen LogP contribution in [0, 0.1) is 5.92 Å². The van der Waals surface area contributed by atoms with E-state index < -0.39 is 6.04 Å². The van der Waals surface area contributed by atoms with E-state index in [4.69, 9.17) is 27.9 Å². The summed E-state index contributed by atoms with van der Waals surface area (Å²) in [6.07, 6.45) is 0.468. The first-order valence-corrected chi connectivity index (χ1v) is 12.4. The molecular formula is C27H36Cl2N2O3. The summed E-state index contributed by atoms with van der Waals surface area (Å²) in [7, 11) is 0. The number of ether oxygens (including phenoxy) is 1. The number of amides is 2. The SMILES string of the molecule is CC[C@H](C(=O)NCC(C)C)N(Cc1ccc(Cl)c(Cl)c1)C(=O)COc1ccccc1C(C)(C)C. The Kier molecular flexibility index (Phi) is 10.3. The van der Waals surface area contributed by atoms with Crippen molar-refractivity contribution in [3.8, 4) is 5.75 Å². The third kappa shape index (κ3) is 7.92. The Balaban J connectivity index is 2.29. The molecule has 0 bridgehead atoms. The van der Waals surface area contributed by atoms with Crippen LogP contribution in [0.4, 0.5) is 0 Å². The van der Waals surface area contributed by atoms with Crippen molar-refractivity contribution in [2.24, 2.45) is 5.92 Å². The number of nitrogens with one attached hydrogen (secondary N) is 1. The fourth-order valence-corrected chi connectivity index (χ4v) is 3.93. The number of hydrogen-bond acceptors (Lipinski definition) is 3. The highest BCUT2D eigenvalue weighted by Gasteiger charge is 2.29. The van der Waals surface area contributed by atoms with Crippen LogP contribution in [0.25, 0.3) is 0 Å². The lowest BCUT2D eigenvalue weighted by Gasteiger charge is -2.31. The zero-order valence-electron chi connectivity index (χ0n) is 21.0. The van der Waals surface area contributed by atoms with Crippen LogP contribution in [0.5, 0.6) is 5.75 Å². The van der Waals surface area contributed by atoms with Crippen molar-refractivity contribution in [2.75, 3.05) is 13.2 Å². The van der Waals surface area contributed by atoms with Crippen LogP contribution in [-0.4, -0.2) is 35.9 Å². The third-order valence-electron chi connectivity index (χ3n) is 5.45. The molecule has 0 spiro atoms. The number of halogens is 2. The predicted molar refractivity (Wildman–Crippen MR) is 140 cm³/mol. The average molecular weight is 508 g/mol. The van der Waals surface area contributed by atoms with E-state index in [-0.39, 0.29) is 30.4 Å². The molecule has 34 heavy (non-hydrogen) atoms. The van der Waals surface area contributed by atoms with E-state index in [9.17, 15) is 9.59 Å². The zero-order chi connectivity index (χ0) is 25.5. The summed E-state index contributed by atoms with van der Waals surface area (Å²) in [5.41, 5.74) is 1.66. The van der Waals surface area contributed by atoms with E-state index >= 15 is 0 Å². The number of nitrogens with zero attached hydrogens (tertiary/aromatic N) is 1. The lowest BCUT2D eigenvalue weighted by atomic mass is 9.86. The number of hydrogen-bond donors (Lipinski definition) is 1. The van der Waals surface area contributed by atoms with Crippen LogP contribution in [-0.2, 0) is 21.5 Å². The third-order valence-corrected chi connectivity index (χ3v) is 6.19. The van der Waals surface area contributed by atoms with Gasteiger partial charge in [0, 0.05) is 13.1 Å². The quantitative estimate of drug-likeness (QED) is 0.414. The molecule has 0 aliphatic heterocycles. The van der Waals surface area contributed by atoms with E-state index in [0.29, 0.717) is 34.7 Å². The van der Waals surface area contributed by atoms with Gasteiger partial charge >= 0.3 is 0 Å². The van der Waals surface area contributed by atoms with E-state index in [1.807, 2.05) is 51.1 Å². The molecule has 0 fully saturated rings. The maximum atomic E-state index is 13.4. The molecule has 1 N–H and O–H groups in total. The fraction of sp³-hybridized carbons (Fsp3) is 0.481. The largest absolute Gasteiger partial charge is 0.483 e. The van der Waals surface area contributed by atoms with Gasteiger partial charge in [-0.1, -0.05) is 89.0 Å². The first kappa shape index (κ1) is 28.0. The van der Waals surface area contributed by atoms with Crippen molar-refractivity contribution in [1.82, 2.24) is 10.2 Å². The second kappa shape index (κ2) is 12.5. The second-order valence-electron chi connectivity index (χ2n) is 9.87. The summed E-state index contributed by atoms with van der Waals surface area (Å²) in [6, 6.07) is 12.3. The number of rotatable bonds is 10. The molecule has 0 saturated heterocycles. The van der Waals surface area contributed by atoms with E-state index in [1.54, 1.807) is 17.0 Å². The Labute approximate surface area is 213 Å². The molecule has 2 amide bonds. The molecule has 0 aromatic heterocycles. The maximum absolute atomic E-state index is 13.4. The molecule has 5 nitrogen and oxygen atoms in total. The van der Waals surface area contributed by atoms with Crippen LogP contribution in [0.2, 0.25) is 10.0 Å². The Morgan fingerprint density at radius 1 is 1.06 bits per heavy atom. The molecule has 0 aliphatic rings. The van der Waals surface area contributed by atoms with Crippen molar-refractivity contribution in [3.05, 3.63) is 63.6 Å². The fourth-order valence-electron chi connectivity index (χ4n) is 3.61. The van der Waals surface area contributed by atoms with Gasteiger partial charge < -0.3 is 15.0 Å². The smallest absolute Gasteiger partial charge is 0.261 e. The van der Waals surface area contributed by atoms with Gasteiger partial charge in [-0.15, -0.1) is 0 Å². The Morgan fingerprint density at radius 3 is 2.32 bits per heavy atom. The Bertz CT molecular complexity index is 986. The van der Waals surface area contributed by atoms with Crippen LogP contribution in [0.3, 0.4) is 0 Å². The van der Waals surface area contributed by atoms with Gasteiger partial charge in [0.15, 0.2) is 6.61 Å². The minimum Gasteiger partial charge on any atom is -0.483 e. The van der Waals surface area contributed by atoms with Gasteiger partial charge in [0.1, 0.15) is 11.8 Å². The second-order valence-corrected chi connectivity index (χ2v) is 10.7. The van der Waals surface area contributed by atoms with Gasteiger partial charge in [-0.2, -0.15) is 0 Å². The molecule has 2 rings (SSSR count). The number of benzene rings is 2. The molecule has 0 saturated carbocycles. The highest BCUT2D eigenvalue weighted by molar-refractivity contribution is 6.42. The lowest BCUT2D eigenvalue weighted by Crippen LogP contribution is -2.50. The topological polar surface area (TPSA) is 58.6 Å². The van der Waals surface area contributed by atoms with Crippen LogP contribution < -0.4 is 10.1 Å². The number of carbonyl (C=O) groups is 2. The Morgan fingerprint density at radius 2 is 1.74 bits per heavy atom. The monoisotopic (exact) mass is 506 g/mol. The van der Waals surface area contributed by atoms with Gasteiger partial charge in [-0.25, -0.2) is 0 Å². The minimum absolute atomic E-state index is 0.137. The van der Waals surface area contributed by atoms with Gasteiger partial charge in [-0.05, 0) is 47.1 Å².